The molecule has 1 fully saturated rings. The van der Waals surface area contributed by atoms with Gasteiger partial charge in [0.1, 0.15) is 11.4 Å². The van der Waals surface area contributed by atoms with E-state index in [4.69, 9.17) is 4.74 Å². The fourth-order valence-corrected chi connectivity index (χ4v) is 4.02. The maximum Gasteiger partial charge on any atom is 0.293 e. The summed E-state index contributed by atoms with van der Waals surface area (Å²) in [6.07, 6.45) is 1.70. The first-order valence-corrected chi connectivity index (χ1v) is 10.5. The molecule has 8 nitrogen and oxygen atoms in total. The molecule has 0 spiro atoms. The summed E-state index contributed by atoms with van der Waals surface area (Å²) in [5.41, 5.74) is 0.248. The maximum absolute atomic E-state index is 11.9. The first-order chi connectivity index (χ1) is 13.4. The molecule has 0 amide bonds. The van der Waals surface area contributed by atoms with Crippen LogP contribution >= 0.6 is 0 Å². The molecule has 1 N–H and O–H groups in total. The van der Waals surface area contributed by atoms with Gasteiger partial charge in [0.2, 0.25) is 10.0 Å². The number of nitro benzene ring substituents is 1. The Balaban J connectivity index is 1.67. The molecule has 0 aromatic heterocycles. The normalized spacial score (nSPS) is 15.4. The van der Waals surface area contributed by atoms with E-state index in [2.05, 4.69) is 4.72 Å². The summed E-state index contributed by atoms with van der Waals surface area (Å²) < 4.78 is 31.9. The Morgan fingerprint density at radius 2 is 1.86 bits per heavy atom. The Labute approximate surface area is 164 Å². The fraction of sp³-hybridized carbons (Fsp3) is 0.368. The topological polar surface area (TPSA) is 102 Å². The van der Waals surface area contributed by atoms with Crippen molar-refractivity contribution in [1.82, 2.24) is 4.72 Å². The highest BCUT2D eigenvalue weighted by molar-refractivity contribution is 7.89. The number of nitrogens with one attached hydrogen (secondary N) is 1. The molecule has 150 valence electrons. The molecule has 1 aliphatic heterocycles. The third-order valence-corrected chi connectivity index (χ3v) is 6.32. The van der Waals surface area contributed by atoms with Gasteiger partial charge in [0, 0.05) is 19.2 Å². The van der Waals surface area contributed by atoms with Gasteiger partial charge in [-0.3, -0.25) is 10.1 Å². The predicted molar refractivity (Wildman–Crippen MR) is 106 cm³/mol. The molecule has 0 radical (unpaired) electrons. The van der Waals surface area contributed by atoms with Crippen molar-refractivity contribution in [3.8, 4) is 5.75 Å². The summed E-state index contributed by atoms with van der Waals surface area (Å²) in [6, 6.07) is 13.7. The molecule has 0 aliphatic carbocycles. The van der Waals surface area contributed by atoms with E-state index in [1.807, 2.05) is 35.2 Å². The first kappa shape index (κ1) is 20.1. The van der Waals surface area contributed by atoms with Crippen LogP contribution in [-0.4, -0.2) is 40.1 Å². The van der Waals surface area contributed by atoms with Gasteiger partial charge < -0.3 is 9.64 Å². The Hall–Kier alpha value is -2.65. The van der Waals surface area contributed by atoms with E-state index < -0.39 is 14.9 Å². The fourth-order valence-electron chi connectivity index (χ4n) is 3.27. The standard InChI is InChI=1S/C19H23N3O5S/c1-20-28(25,26)17-7-8-18(19(13-17)22(23)24)21-11-9-15(10-12-21)14-27-16-5-3-2-4-6-16/h2-8,13,15,20H,9-12,14H2,1H3. The van der Waals surface area contributed by atoms with Crippen LogP contribution in [0.1, 0.15) is 12.8 Å². The van der Waals surface area contributed by atoms with Crippen molar-refractivity contribution in [3.05, 3.63) is 58.6 Å². The van der Waals surface area contributed by atoms with Crippen LogP contribution in [0.25, 0.3) is 0 Å². The van der Waals surface area contributed by atoms with Gasteiger partial charge in [-0.1, -0.05) is 18.2 Å². The minimum atomic E-state index is -3.73. The third kappa shape index (κ3) is 4.60. The van der Waals surface area contributed by atoms with Crippen LogP contribution in [0.5, 0.6) is 5.75 Å². The van der Waals surface area contributed by atoms with E-state index in [9.17, 15) is 18.5 Å². The monoisotopic (exact) mass is 405 g/mol. The average Bonchev–Trinajstić information content (AvgIpc) is 2.73. The second-order valence-corrected chi connectivity index (χ2v) is 8.56. The Morgan fingerprint density at radius 3 is 2.46 bits per heavy atom. The van der Waals surface area contributed by atoms with Crippen molar-refractivity contribution < 1.29 is 18.1 Å². The SMILES string of the molecule is CNS(=O)(=O)c1ccc(N2CCC(COc3ccccc3)CC2)c([N+](=O)[O-])c1. The van der Waals surface area contributed by atoms with E-state index in [1.165, 1.54) is 19.2 Å². The largest absolute Gasteiger partial charge is 0.493 e. The molecule has 28 heavy (non-hydrogen) atoms. The quantitative estimate of drug-likeness (QED) is 0.561. The Kier molecular flexibility index (Phi) is 6.15. The van der Waals surface area contributed by atoms with Gasteiger partial charge in [-0.15, -0.1) is 0 Å². The van der Waals surface area contributed by atoms with Crippen LogP contribution in [-0.2, 0) is 10.0 Å². The third-order valence-electron chi connectivity index (χ3n) is 4.91. The minimum Gasteiger partial charge on any atom is -0.493 e. The van der Waals surface area contributed by atoms with Crippen molar-refractivity contribution in [2.75, 3.05) is 31.6 Å². The van der Waals surface area contributed by atoms with Gasteiger partial charge in [-0.2, -0.15) is 0 Å². The minimum absolute atomic E-state index is 0.114. The second-order valence-electron chi connectivity index (χ2n) is 6.67. The molecule has 0 atom stereocenters. The number of nitrogens with zero attached hydrogens (tertiary/aromatic N) is 2. The number of benzene rings is 2. The summed E-state index contributed by atoms with van der Waals surface area (Å²) >= 11 is 0. The van der Waals surface area contributed by atoms with Crippen LogP contribution in [0.2, 0.25) is 0 Å². The van der Waals surface area contributed by atoms with E-state index in [-0.39, 0.29) is 10.6 Å². The van der Waals surface area contributed by atoms with Crippen molar-refractivity contribution >= 4 is 21.4 Å². The van der Waals surface area contributed by atoms with Gasteiger partial charge >= 0.3 is 0 Å². The first-order valence-electron chi connectivity index (χ1n) is 9.05. The lowest BCUT2D eigenvalue weighted by Gasteiger charge is -2.33. The molecular formula is C19H23N3O5S. The van der Waals surface area contributed by atoms with Gasteiger partial charge in [-0.05, 0) is 50.1 Å². The lowest BCUT2D eigenvalue weighted by molar-refractivity contribution is -0.384. The summed E-state index contributed by atoms with van der Waals surface area (Å²) in [6.45, 7) is 1.92. The van der Waals surface area contributed by atoms with Gasteiger partial charge in [0.25, 0.3) is 5.69 Å². The summed E-state index contributed by atoms with van der Waals surface area (Å²) in [5, 5.41) is 11.5. The van der Waals surface area contributed by atoms with Crippen molar-refractivity contribution in [2.24, 2.45) is 5.92 Å². The van der Waals surface area contributed by atoms with Crippen LogP contribution < -0.4 is 14.4 Å². The highest BCUT2D eigenvalue weighted by Gasteiger charge is 2.27. The predicted octanol–water partition coefficient (Wildman–Crippen LogP) is 2.80. The van der Waals surface area contributed by atoms with E-state index >= 15 is 0 Å². The highest BCUT2D eigenvalue weighted by atomic mass is 32.2. The molecule has 0 unspecified atom stereocenters. The zero-order valence-electron chi connectivity index (χ0n) is 15.6. The smallest absolute Gasteiger partial charge is 0.293 e. The number of anilines is 1. The van der Waals surface area contributed by atoms with Gasteiger partial charge in [0.05, 0.1) is 16.4 Å². The van der Waals surface area contributed by atoms with E-state index in [0.29, 0.717) is 31.3 Å². The molecule has 0 saturated carbocycles. The maximum atomic E-state index is 11.9. The zero-order valence-corrected chi connectivity index (χ0v) is 16.4. The number of hydrogen-bond acceptors (Lipinski definition) is 6. The number of hydrogen-bond donors (Lipinski definition) is 1. The average molecular weight is 405 g/mol. The van der Waals surface area contributed by atoms with Crippen LogP contribution in [0.4, 0.5) is 11.4 Å². The van der Waals surface area contributed by atoms with Crippen molar-refractivity contribution in [2.45, 2.75) is 17.7 Å². The van der Waals surface area contributed by atoms with Crippen molar-refractivity contribution in [3.63, 3.8) is 0 Å². The van der Waals surface area contributed by atoms with Gasteiger partial charge in [-0.25, -0.2) is 13.1 Å². The molecule has 2 aromatic carbocycles. The number of sulfonamides is 1. The van der Waals surface area contributed by atoms with Crippen LogP contribution in [0, 0.1) is 16.0 Å². The highest BCUT2D eigenvalue weighted by Crippen LogP contribution is 2.33. The number of nitro groups is 1. The molecular weight excluding hydrogens is 382 g/mol. The van der Waals surface area contributed by atoms with Crippen LogP contribution in [0.3, 0.4) is 0 Å². The summed E-state index contributed by atoms with van der Waals surface area (Å²) in [5.74, 6) is 1.21. The number of piperidine rings is 1. The zero-order chi connectivity index (χ0) is 20.1. The molecule has 0 bridgehead atoms. The molecule has 1 saturated heterocycles. The number of rotatable bonds is 7. The van der Waals surface area contributed by atoms with E-state index in [1.54, 1.807) is 0 Å². The Morgan fingerprint density at radius 1 is 1.18 bits per heavy atom. The molecule has 3 rings (SSSR count). The lowest BCUT2D eigenvalue weighted by Crippen LogP contribution is -2.36. The number of ether oxygens (including phenoxy) is 1. The van der Waals surface area contributed by atoms with Crippen molar-refractivity contribution in [1.29, 1.82) is 0 Å². The second kappa shape index (κ2) is 8.57. The summed E-state index contributed by atoms with van der Waals surface area (Å²) in [7, 11) is -2.46. The van der Waals surface area contributed by atoms with Gasteiger partial charge in [0.15, 0.2) is 0 Å². The Bertz CT molecular complexity index is 926. The number of para-hydroxylation sites is 1. The summed E-state index contributed by atoms with van der Waals surface area (Å²) in [4.78, 5) is 12.8. The molecule has 2 aromatic rings. The van der Waals surface area contributed by atoms with E-state index in [0.717, 1.165) is 24.7 Å². The van der Waals surface area contributed by atoms with Crippen LogP contribution in [0.15, 0.2) is 53.4 Å². The lowest BCUT2D eigenvalue weighted by atomic mass is 9.97. The molecule has 1 aliphatic rings. The molecule has 9 heteroatoms. The molecule has 1 heterocycles.